The molecule has 0 unspecified atom stereocenters. The van der Waals surface area contributed by atoms with Gasteiger partial charge >= 0.3 is 0 Å². The van der Waals surface area contributed by atoms with E-state index in [1.807, 2.05) is 31.2 Å². The molecule has 3 rings (SSSR count). The fraction of sp³-hybridized carbons (Fsp3) is 0.0714. The van der Waals surface area contributed by atoms with Gasteiger partial charge in [-0.15, -0.1) is 0 Å². The Hall–Kier alpha value is -2.69. The molecule has 5 nitrogen and oxygen atoms in total. The van der Waals surface area contributed by atoms with E-state index in [1.165, 1.54) is 6.07 Å². The van der Waals surface area contributed by atoms with Crippen molar-refractivity contribution in [2.24, 2.45) is 0 Å². The number of non-ortho nitro benzene ring substituents is 1. The summed E-state index contributed by atoms with van der Waals surface area (Å²) in [6, 6.07) is 12.6. The number of fused-ring (bicyclic) bond motifs is 1. The van der Waals surface area contributed by atoms with Crippen molar-refractivity contribution >= 4 is 16.6 Å². The molecular weight excluding hydrogens is 242 g/mol. The van der Waals surface area contributed by atoms with Gasteiger partial charge < -0.3 is 0 Å². The van der Waals surface area contributed by atoms with E-state index in [0.29, 0.717) is 0 Å². The first-order valence-electron chi connectivity index (χ1n) is 5.85. The topological polar surface area (TPSA) is 71.8 Å². The zero-order chi connectivity index (χ0) is 13.4. The molecule has 0 bridgehead atoms. The van der Waals surface area contributed by atoms with Crippen LogP contribution >= 0.6 is 0 Å². The molecule has 0 atom stereocenters. The Morgan fingerprint density at radius 1 is 1.21 bits per heavy atom. The van der Waals surface area contributed by atoms with Crippen molar-refractivity contribution in [3.05, 3.63) is 58.1 Å². The molecule has 0 aliphatic rings. The lowest BCUT2D eigenvalue weighted by molar-refractivity contribution is -0.384. The van der Waals surface area contributed by atoms with Crippen LogP contribution in [-0.4, -0.2) is 15.1 Å². The average molecular weight is 253 g/mol. The third-order valence-corrected chi connectivity index (χ3v) is 3.16. The smallest absolute Gasteiger partial charge is 0.270 e. The van der Waals surface area contributed by atoms with Gasteiger partial charge in [0.25, 0.3) is 5.69 Å². The number of rotatable bonds is 2. The Kier molecular flexibility index (Phi) is 2.52. The van der Waals surface area contributed by atoms with E-state index in [0.717, 1.165) is 27.7 Å². The quantitative estimate of drug-likeness (QED) is 0.561. The number of nitrogens with zero attached hydrogens (tertiary/aromatic N) is 2. The Morgan fingerprint density at radius 2 is 2.00 bits per heavy atom. The molecule has 0 fully saturated rings. The van der Waals surface area contributed by atoms with Crippen LogP contribution < -0.4 is 0 Å². The Balaban J connectivity index is 2.27. The summed E-state index contributed by atoms with van der Waals surface area (Å²) >= 11 is 0. The molecule has 0 aliphatic carbocycles. The molecule has 19 heavy (non-hydrogen) atoms. The molecule has 94 valence electrons. The lowest BCUT2D eigenvalue weighted by Crippen LogP contribution is -1.87. The molecule has 0 amide bonds. The zero-order valence-electron chi connectivity index (χ0n) is 10.3. The highest BCUT2D eigenvalue weighted by Crippen LogP contribution is 2.30. The van der Waals surface area contributed by atoms with Crippen LogP contribution in [0.3, 0.4) is 0 Å². The molecule has 0 radical (unpaired) electrons. The van der Waals surface area contributed by atoms with Gasteiger partial charge in [-0.3, -0.25) is 15.2 Å². The highest BCUT2D eigenvalue weighted by Gasteiger charge is 2.13. The summed E-state index contributed by atoms with van der Waals surface area (Å²) in [5.41, 5.74) is 3.68. The van der Waals surface area contributed by atoms with Crippen molar-refractivity contribution in [1.29, 1.82) is 0 Å². The predicted octanol–water partition coefficient (Wildman–Crippen LogP) is 3.45. The van der Waals surface area contributed by atoms with Crippen molar-refractivity contribution in [3.8, 4) is 11.3 Å². The molecule has 1 heterocycles. The fourth-order valence-electron chi connectivity index (χ4n) is 2.16. The third-order valence-electron chi connectivity index (χ3n) is 3.16. The summed E-state index contributed by atoms with van der Waals surface area (Å²) in [6.07, 6.45) is 0. The average Bonchev–Trinajstić information content (AvgIpc) is 2.82. The van der Waals surface area contributed by atoms with Gasteiger partial charge in [-0.05, 0) is 18.6 Å². The maximum atomic E-state index is 10.9. The Bertz CT molecular complexity index is 777. The van der Waals surface area contributed by atoms with Gasteiger partial charge in [-0.25, -0.2) is 0 Å². The predicted molar refractivity (Wildman–Crippen MR) is 72.9 cm³/mol. The first-order valence-corrected chi connectivity index (χ1v) is 5.85. The van der Waals surface area contributed by atoms with Crippen LogP contribution in [-0.2, 0) is 0 Å². The van der Waals surface area contributed by atoms with E-state index in [4.69, 9.17) is 0 Å². The van der Waals surface area contributed by atoms with Gasteiger partial charge in [0.2, 0.25) is 0 Å². The summed E-state index contributed by atoms with van der Waals surface area (Å²) in [7, 11) is 0. The van der Waals surface area contributed by atoms with Gasteiger partial charge in [0.1, 0.15) is 5.69 Å². The molecule has 0 saturated carbocycles. The molecule has 0 spiro atoms. The van der Waals surface area contributed by atoms with Crippen LogP contribution in [0.4, 0.5) is 5.69 Å². The number of nitrogens with one attached hydrogen (secondary N) is 1. The van der Waals surface area contributed by atoms with Gasteiger partial charge in [0.15, 0.2) is 0 Å². The number of hydrogen-bond donors (Lipinski definition) is 1. The number of nitro benzene ring substituents is 1. The Morgan fingerprint density at radius 3 is 2.74 bits per heavy atom. The van der Waals surface area contributed by atoms with Crippen LogP contribution in [0, 0.1) is 17.0 Å². The number of nitro groups is 1. The summed E-state index contributed by atoms with van der Waals surface area (Å²) in [6.45, 7) is 1.99. The highest BCUT2D eigenvalue weighted by molar-refractivity contribution is 5.94. The third kappa shape index (κ3) is 1.85. The van der Waals surface area contributed by atoms with Crippen molar-refractivity contribution in [2.75, 3.05) is 0 Å². The van der Waals surface area contributed by atoms with Crippen LogP contribution in [0.5, 0.6) is 0 Å². The van der Waals surface area contributed by atoms with Crippen LogP contribution in [0.25, 0.3) is 22.2 Å². The Labute approximate surface area is 109 Å². The molecule has 2 aromatic carbocycles. The van der Waals surface area contributed by atoms with E-state index < -0.39 is 4.92 Å². The SMILES string of the molecule is Cc1ccccc1-c1n[nH]c2ccc([N+](=O)[O-])cc12. The lowest BCUT2D eigenvalue weighted by Gasteiger charge is -2.02. The monoisotopic (exact) mass is 253 g/mol. The standard InChI is InChI=1S/C14H11N3O2/c1-9-4-2-3-5-11(9)14-12-8-10(17(18)19)6-7-13(12)15-16-14/h2-8H,1H3,(H,15,16). The van der Waals surface area contributed by atoms with E-state index in [2.05, 4.69) is 10.2 Å². The van der Waals surface area contributed by atoms with Crippen LogP contribution in [0.2, 0.25) is 0 Å². The second kappa shape index (κ2) is 4.20. The second-order valence-electron chi connectivity index (χ2n) is 4.37. The highest BCUT2D eigenvalue weighted by atomic mass is 16.6. The molecule has 0 aliphatic heterocycles. The fourth-order valence-corrected chi connectivity index (χ4v) is 2.16. The number of H-pyrrole nitrogens is 1. The minimum atomic E-state index is -0.395. The molecular formula is C14H11N3O2. The van der Waals surface area contributed by atoms with Gasteiger partial charge in [-0.1, -0.05) is 24.3 Å². The summed E-state index contributed by atoms with van der Waals surface area (Å²) < 4.78 is 0. The number of aromatic amines is 1. The summed E-state index contributed by atoms with van der Waals surface area (Å²) in [5, 5.41) is 18.8. The van der Waals surface area contributed by atoms with E-state index in [1.54, 1.807) is 12.1 Å². The van der Waals surface area contributed by atoms with Crippen LogP contribution in [0.1, 0.15) is 5.56 Å². The van der Waals surface area contributed by atoms with Gasteiger partial charge in [0.05, 0.1) is 10.4 Å². The maximum Gasteiger partial charge on any atom is 0.270 e. The van der Waals surface area contributed by atoms with E-state index in [-0.39, 0.29) is 5.69 Å². The second-order valence-corrected chi connectivity index (χ2v) is 4.37. The van der Waals surface area contributed by atoms with Crippen molar-refractivity contribution in [1.82, 2.24) is 10.2 Å². The number of hydrogen-bond acceptors (Lipinski definition) is 3. The summed E-state index contributed by atoms with van der Waals surface area (Å²) in [4.78, 5) is 10.5. The number of aromatic nitrogens is 2. The van der Waals surface area contributed by atoms with E-state index >= 15 is 0 Å². The van der Waals surface area contributed by atoms with Gasteiger partial charge in [-0.2, -0.15) is 5.10 Å². The normalized spacial score (nSPS) is 10.8. The van der Waals surface area contributed by atoms with Crippen LogP contribution in [0.15, 0.2) is 42.5 Å². The van der Waals surface area contributed by atoms with Crippen molar-refractivity contribution < 1.29 is 4.92 Å². The van der Waals surface area contributed by atoms with Gasteiger partial charge in [0, 0.05) is 23.1 Å². The zero-order valence-corrected chi connectivity index (χ0v) is 10.3. The first-order chi connectivity index (χ1) is 9.16. The molecule has 3 aromatic rings. The van der Waals surface area contributed by atoms with E-state index in [9.17, 15) is 10.1 Å². The molecule has 0 saturated heterocycles. The number of aryl methyl sites for hydroxylation is 1. The molecule has 5 heteroatoms. The minimum absolute atomic E-state index is 0.0729. The lowest BCUT2D eigenvalue weighted by atomic mass is 10.0. The minimum Gasteiger partial charge on any atom is -0.277 e. The van der Waals surface area contributed by atoms with Crippen molar-refractivity contribution in [2.45, 2.75) is 6.92 Å². The van der Waals surface area contributed by atoms with Crippen molar-refractivity contribution in [3.63, 3.8) is 0 Å². The molecule has 1 aromatic heterocycles. The maximum absolute atomic E-state index is 10.9. The largest absolute Gasteiger partial charge is 0.277 e. The number of benzene rings is 2. The molecule has 1 N–H and O–H groups in total. The first kappa shape index (κ1) is 11.4. The summed E-state index contributed by atoms with van der Waals surface area (Å²) in [5.74, 6) is 0.